The molecule has 0 radical (unpaired) electrons. The van der Waals surface area contributed by atoms with E-state index >= 15 is 0 Å². The minimum atomic E-state index is 0.113. The number of carbonyl (C=O) groups excluding carboxylic acids is 1. The third-order valence-corrected chi connectivity index (χ3v) is 3.62. The van der Waals surface area contributed by atoms with E-state index in [1.54, 1.807) is 11.9 Å². The summed E-state index contributed by atoms with van der Waals surface area (Å²) in [7, 11) is 1.79. The van der Waals surface area contributed by atoms with Crippen LogP contribution in [0.15, 0.2) is 22.7 Å². The number of hydrogen-bond acceptors (Lipinski definition) is 4. The van der Waals surface area contributed by atoms with Crippen molar-refractivity contribution in [2.75, 3.05) is 11.9 Å². The second kappa shape index (κ2) is 4.20. The van der Waals surface area contributed by atoms with Crippen molar-refractivity contribution in [3.05, 3.63) is 35.1 Å². The molecule has 0 aliphatic carbocycles. The van der Waals surface area contributed by atoms with E-state index in [1.165, 1.54) is 0 Å². The fourth-order valence-corrected chi connectivity index (χ4v) is 2.48. The largest absolute Gasteiger partial charge is 0.361 e. The molecule has 98 valence electrons. The first kappa shape index (κ1) is 11.9. The van der Waals surface area contributed by atoms with Crippen LogP contribution in [0.4, 0.5) is 5.69 Å². The van der Waals surface area contributed by atoms with Crippen LogP contribution in [0.3, 0.4) is 0 Å². The Kier molecular flexibility index (Phi) is 2.64. The molecule has 0 unspecified atom stereocenters. The number of anilines is 1. The number of benzene rings is 1. The summed E-state index contributed by atoms with van der Waals surface area (Å²) in [5.74, 6) is 0.855. The second-order valence-corrected chi connectivity index (χ2v) is 4.74. The maximum absolute atomic E-state index is 11.7. The van der Waals surface area contributed by atoms with Crippen LogP contribution in [0, 0.1) is 6.92 Å². The first-order chi connectivity index (χ1) is 9.11. The second-order valence-electron chi connectivity index (χ2n) is 4.74. The molecule has 2 N–H and O–H groups in total. The highest BCUT2D eigenvalue weighted by atomic mass is 16.5. The summed E-state index contributed by atoms with van der Waals surface area (Å²) in [6, 6.07) is 5.89. The van der Waals surface area contributed by atoms with Gasteiger partial charge < -0.3 is 15.2 Å². The summed E-state index contributed by atoms with van der Waals surface area (Å²) in [5, 5.41) is 4.07. The Labute approximate surface area is 111 Å². The number of nitrogens with zero attached hydrogens (tertiary/aromatic N) is 2. The molecule has 5 heteroatoms. The summed E-state index contributed by atoms with van der Waals surface area (Å²) < 4.78 is 5.20. The van der Waals surface area contributed by atoms with Gasteiger partial charge in [-0.25, -0.2) is 0 Å². The number of nitrogens with two attached hydrogens (primary N) is 1. The van der Waals surface area contributed by atoms with Crippen LogP contribution < -0.4 is 10.6 Å². The summed E-state index contributed by atoms with van der Waals surface area (Å²) in [4.78, 5) is 13.4. The number of amides is 1. The van der Waals surface area contributed by atoms with Crippen LogP contribution in [-0.2, 0) is 17.8 Å². The van der Waals surface area contributed by atoms with Crippen LogP contribution in [0.2, 0.25) is 0 Å². The summed E-state index contributed by atoms with van der Waals surface area (Å²) in [5.41, 5.74) is 10.3. The molecule has 3 rings (SSSR count). The van der Waals surface area contributed by atoms with E-state index in [0.717, 1.165) is 33.8 Å². The number of hydrogen-bond donors (Lipinski definition) is 1. The van der Waals surface area contributed by atoms with Crippen LogP contribution in [0.5, 0.6) is 0 Å². The molecule has 1 amide bonds. The smallest absolute Gasteiger partial charge is 0.231 e. The molecule has 0 bridgehead atoms. The molecule has 19 heavy (non-hydrogen) atoms. The Bertz CT molecular complexity index is 661. The Morgan fingerprint density at radius 2 is 2.26 bits per heavy atom. The fraction of sp³-hybridized carbons (Fsp3) is 0.286. The lowest BCUT2D eigenvalue weighted by molar-refractivity contribution is -0.117. The molecule has 0 atom stereocenters. The van der Waals surface area contributed by atoms with E-state index in [0.29, 0.717) is 13.0 Å². The molecule has 1 aromatic carbocycles. The van der Waals surface area contributed by atoms with Crippen molar-refractivity contribution < 1.29 is 9.32 Å². The molecule has 2 aromatic rings. The van der Waals surface area contributed by atoms with E-state index in [1.807, 2.05) is 25.1 Å². The van der Waals surface area contributed by atoms with Crippen molar-refractivity contribution >= 4 is 11.6 Å². The highest BCUT2D eigenvalue weighted by Gasteiger charge is 2.25. The first-order valence-electron chi connectivity index (χ1n) is 6.17. The molecule has 0 fully saturated rings. The summed E-state index contributed by atoms with van der Waals surface area (Å²) >= 11 is 0. The zero-order valence-corrected chi connectivity index (χ0v) is 10.9. The Hall–Kier alpha value is -2.14. The van der Waals surface area contributed by atoms with Gasteiger partial charge in [-0.05, 0) is 24.6 Å². The van der Waals surface area contributed by atoms with Gasteiger partial charge in [0, 0.05) is 30.4 Å². The third-order valence-electron chi connectivity index (χ3n) is 3.62. The first-order valence-corrected chi connectivity index (χ1v) is 6.17. The third kappa shape index (κ3) is 1.74. The van der Waals surface area contributed by atoms with Gasteiger partial charge >= 0.3 is 0 Å². The minimum Gasteiger partial charge on any atom is -0.361 e. The number of aromatic nitrogens is 1. The fourth-order valence-electron chi connectivity index (χ4n) is 2.48. The normalized spacial score (nSPS) is 14.1. The molecule has 0 saturated heterocycles. The van der Waals surface area contributed by atoms with Gasteiger partial charge in [0.15, 0.2) is 0 Å². The van der Waals surface area contributed by atoms with Gasteiger partial charge in [0.1, 0.15) is 11.5 Å². The van der Waals surface area contributed by atoms with E-state index in [4.69, 9.17) is 10.3 Å². The van der Waals surface area contributed by atoms with Crippen molar-refractivity contribution in [3.63, 3.8) is 0 Å². The van der Waals surface area contributed by atoms with Crippen LogP contribution >= 0.6 is 0 Å². The van der Waals surface area contributed by atoms with Gasteiger partial charge in [0.2, 0.25) is 5.91 Å². The number of aryl methyl sites for hydroxylation is 1. The van der Waals surface area contributed by atoms with E-state index in [-0.39, 0.29) is 5.91 Å². The summed E-state index contributed by atoms with van der Waals surface area (Å²) in [6.45, 7) is 2.24. The van der Waals surface area contributed by atoms with Crippen molar-refractivity contribution in [2.24, 2.45) is 5.73 Å². The lowest BCUT2D eigenvalue weighted by Crippen LogP contribution is -2.20. The van der Waals surface area contributed by atoms with Crippen LogP contribution in [0.1, 0.15) is 16.9 Å². The molecule has 5 nitrogen and oxygen atoms in total. The van der Waals surface area contributed by atoms with E-state index in [9.17, 15) is 4.79 Å². The highest BCUT2D eigenvalue weighted by Crippen LogP contribution is 2.33. The van der Waals surface area contributed by atoms with Gasteiger partial charge in [-0.2, -0.15) is 0 Å². The molecule has 1 aliphatic heterocycles. The topological polar surface area (TPSA) is 72.4 Å². The van der Waals surface area contributed by atoms with Crippen LogP contribution in [0.25, 0.3) is 11.3 Å². The molecular formula is C14H15N3O2. The van der Waals surface area contributed by atoms with Gasteiger partial charge in [0.05, 0.1) is 6.42 Å². The number of rotatable bonds is 2. The van der Waals surface area contributed by atoms with Gasteiger partial charge in [0.25, 0.3) is 0 Å². The minimum absolute atomic E-state index is 0.113. The van der Waals surface area contributed by atoms with E-state index < -0.39 is 0 Å². The average Bonchev–Trinajstić information content (AvgIpc) is 2.90. The monoisotopic (exact) mass is 257 g/mol. The van der Waals surface area contributed by atoms with Gasteiger partial charge in [-0.3, -0.25) is 4.79 Å². The number of carbonyl (C=O) groups is 1. The lowest BCUT2D eigenvalue weighted by atomic mass is 10.0. The maximum Gasteiger partial charge on any atom is 0.231 e. The Morgan fingerprint density at radius 3 is 3.00 bits per heavy atom. The zero-order valence-electron chi connectivity index (χ0n) is 10.9. The number of fused-ring (bicyclic) bond motifs is 1. The average molecular weight is 257 g/mol. The standard InChI is InChI=1S/C14H15N3O2/c1-8-11(7-15)14(16-19-8)9-3-4-12-10(5-9)6-13(18)17(12)2/h3-5H,6-7,15H2,1-2H3. The van der Waals surface area contributed by atoms with Gasteiger partial charge in [-0.1, -0.05) is 11.2 Å². The van der Waals surface area contributed by atoms with Crippen molar-refractivity contribution in [1.82, 2.24) is 5.16 Å². The van der Waals surface area contributed by atoms with Gasteiger partial charge in [-0.15, -0.1) is 0 Å². The molecule has 1 aliphatic rings. The molecule has 1 aromatic heterocycles. The van der Waals surface area contributed by atoms with Crippen molar-refractivity contribution in [1.29, 1.82) is 0 Å². The quantitative estimate of drug-likeness (QED) is 0.887. The zero-order chi connectivity index (χ0) is 13.6. The van der Waals surface area contributed by atoms with Crippen molar-refractivity contribution in [2.45, 2.75) is 19.9 Å². The maximum atomic E-state index is 11.7. The predicted molar refractivity (Wildman–Crippen MR) is 71.7 cm³/mol. The SMILES string of the molecule is Cc1onc(-c2ccc3c(c2)CC(=O)N3C)c1CN. The lowest BCUT2D eigenvalue weighted by Gasteiger charge is -2.10. The highest BCUT2D eigenvalue weighted by molar-refractivity contribution is 6.01. The Balaban J connectivity index is 2.09. The molecule has 0 saturated carbocycles. The molecular weight excluding hydrogens is 242 g/mol. The molecule has 2 heterocycles. The van der Waals surface area contributed by atoms with Crippen LogP contribution in [-0.4, -0.2) is 18.1 Å². The van der Waals surface area contributed by atoms with E-state index in [2.05, 4.69) is 5.16 Å². The Morgan fingerprint density at radius 1 is 1.47 bits per heavy atom. The number of likely N-dealkylation sites (N-methyl/N-ethyl adjacent to an activating group) is 1. The summed E-state index contributed by atoms with van der Waals surface area (Å²) in [6.07, 6.45) is 0.439. The predicted octanol–water partition coefficient (Wildman–Crippen LogP) is 1.63. The molecule has 0 spiro atoms. The van der Waals surface area contributed by atoms with Crippen molar-refractivity contribution in [3.8, 4) is 11.3 Å².